The normalized spacial score (nSPS) is 16.8. The number of nitrogens with one attached hydrogen (secondary N) is 1. The molecule has 1 N–H and O–H groups in total. The molecule has 22 heavy (non-hydrogen) atoms. The smallest absolute Gasteiger partial charge is 0.331 e. The summed E-state index contributed by atoms with van der Waals surface area (Å²) in [5, 5.41) is 6.70. The van der Waals surface area contributed by atoms with Crippen LogP contribution in [-0.2, 0) is 22.4 Å². The van der Waals surface area contributed by atoms with Crippen LogP contribution in [0.5, 0.6) is 0 Å². The van der Waals surface area contributed by atoms with Crippen molar-refractivity contribution in [3.8, 4) is 0 Å². The van der Waals surface area contributed by atoms with Gasteiger partial charge in [0.1, 0.15) is 11.3 Å². The highest BCUT2D eigenvalue weighted by molar-refractivity contribution is 5.97. The number of aromatic nitrogens is 1. The van der Waals surface area contributed by atoms with Crippen molar-refractivity contribution in [1.82, 2.24) is 10.5 Å². The molecule has 0 aromatic carbocycles. The molecule has 1 aromatic rings. The summed E-state index contributed by atoms with van der Waals surface area (Å²) >= 11 is 0. The van der Waals surface area contributed by atoms with Crippen molar-refractivity contribution in [3.63, 3.8) is 0 Å². The van der Waals surface area contributed by atoms with Gasteiger partial charge in [0.2, 0.25) is 0 Å². The van der Waals surface area contributed by atoms with Crippen molar-refractivity contribution in [3.05, 3.63) is 17.0 Å². The highest BCUT2D eigenvalue weighted by atomic mass is 16.5. The van der Waals surface area contributed by atoms with Crippen molar-refractivity contribution >= 4 is 11.9 Å². The molecule has 0 aliphatic heterocycles. The van der Waals surface area contributed by atoms with E-state index in [2.05, 4.69) is 10.5 Å². The van der Waals surface area contributed by atoms with Crippen LogP contribution in [0.3, 0.4) is 0 Å². The van der Waals surface area contributed by atoms with Crippen LogP contribution in [0, 0.1) is 5.92 Å². The Balaban J connectivity index is 2.22. The first-order valence-electron chi connectivity index (χ1n) is 7.87. The Kier molecular flexibility index (Phi) is 4.88. The number of nitrogens with zero attached hydrogens (tertiary/aromatic N) is 1. The highest BCUT2D eigenvalue weighted by Crippen LogP contribution is 2.25. The average molecular weight is 308 g/mol. The van der Waals surface area contributed by atoms with Gasteiger partial charge in [-0.05, 0) is 39.0 Å². The average Bonchev–Trinajstić information content (AvgIpc) is 2.91. The van der Waals surface area contributed by atoms with E-state index in [1.165, 1.54) is 0 Å². The van der Waals surface area contributed by atoms with Crippen molar-refractivity contribution in [2.75, 3.05) is 6.61 Å². The Bertz CT molecular complexity index is 564. The van der Waals surface area contributed by atoms with Crippen LogP contribution >= 0.6 is 0 Å². The van der Waals surface area contributed by atoms with E-state index < -0.39 is 11.5 Å². The molecule has 122 valence electrons. The molecule has 0 radical (unpaired) electrons. The Morgan fingerprint density at radius 2 is 2.05 bits per heavy atom. The van der Waals surface area contributed by atoms with Gasteiger partial charge in [-0.15, -0.1) is 0 Å². The van der Waals surface area contributed by atoms with E-state index in [-0.39, 0.29) is 18.4 Å². The molecule has 1 aliphatic rings. The maximum atomic E-state index is 12.6. The van der Waals surface area contributed by atoms with Crippen LogP contribution in [0.25, 0.3) is 0 Å². The molecule has 1 aliphatic carbocycles. The Hall–Kier alpha value is -1.85. The lowest BCUT2D eigenvalue weighted by Gasteiger charge is -2.31. The van der Waals surface area contributed by atoms with Gasteiger partial charge in [-0.3, -0.25) is 4.79 Å². The number of hydrogen-bond acceptors (Lipinski definition) is 5. The van der Waals surface area contributed by atoms with Gasteiger partial charge in [-0.1, -0.05) is 19.0 Å². The first-order valence-corrected chi connectivity index (χ1v) is 7.87. The quantitative estimate of drug-likeness (QED) is 0.844. The van der Waals surface area contributed by atoms with E-state index in [1.807, 2.05) is 13.8 Å². The lowest BCUT2D eigenvalue weighted by Crippen LogP contribution is -2.56. The van der Waals surface area contributed by atoms with Crippen molar-refractivity contribution < 1.29 is 18.8 Å². The number of esters is 1. The van der Waals surface area contributed by atoms with E-state index in [4.69, 9.17) is 9.26 Å². The van der Waals surface area contributed by atoms with Crippen molar-refractivity contribution in [1.29, 1.82) is 0 Å². The molecule has 6 heteroatoms. The Morgan fingerprint density at radius 1 is 1.36 bits per heavy atom. The van der Waals surface area contributed by atoms with Gasteiger partial charge in [0.25, 0.3) is 5.91 Å². The predicted octanol–water partition coefficient (Wildman–Crippen LogP) is 2.26. The third-order valence-corrected chi connectivity index (χ3v) is 4.39. The van der Waals surface area contributed by atoms with Crippen LogP contribution in [-0.4, -0.2) is 29.2 Å². The fourth-order valence-corrected chi connectivity index (χ4v) is 2.57. The van der Waals surface area contributed by atoms with E-state index in [0.29, 0.717) is 5.69 Å². The molecule has 1 amide bonds. The van der Waals surface area contributed by atoms with Gasteiger partial charge in [0.15, 0.2) is 5.69 Å². The zero-order valence-electron chi connectivity index (χ0n) is 13.7. The fourth-order valence-electron chi connectivity index (χ4n) is 2.57. The molecule has 0 saturated carbocycles. The summed E-state index contributed by atoms with van der Waals surface area (Å²) in [7, 11) is 0. The topological polar surface area (TPSA) is 81.4 Å². The fraction of sp³-hybridized carbons (Fsp3) is 0.688. The largest absolute Gasteiger partial charge is 0.464 e. The minimum Gasteiger partial charge on any atom is -0.464 e. The lowest BCUT2D eigenvalue weighted by atomic mass is 9.88. The number of aryl methyl sites for hydroxylation is 1. The number of rotatable bonds is 5. The third kappa shape index (κ3) is 3.00. The first kappa shape index (κ1) is 16.5. The summed E-state index contributed by atoms with van der Waals surface area (Å²) < 4.78 is 10.4. The molecule has 0 fully saturated rings. The van der Waals surface area contributed by atoms with Crippen LogP contribution < -0.4 is 5.32 Å². The maximum Gasteiger partial charge on any atom is 0.331 e. The van der Waals surface area contributed by atoms with Gasteiger partial charge >= 0.3 is 5.97 Å². The van der Waals surface area contributed by atoms with Crippen molar-refractivity contribution in [2.45, 2.75) is 58.9 Å². The first-order chi connectivity index (χ1) is 10.4. The molecular formula is C16H24N2O4. The molecule has 1 atom stereocenters. The van der Waals surface area contributed by atoms with E-state index >= 15 is 0 Å². The van der Waals surface area contributed by atoms with Crippen LogP contribution in [0.15, 0.2) is 4.52 Å². The third-order valence-electron chi connectivity index (χ3n) is 4.39. The summed E-state index contributed by atoms with van der Waals surface area (Å²) in [6, 6.07) is 0. The molecule has 0 spiro atoms. The van der Waals surface area contributed by atoms with E-state index in [1.54, 1.807) is 13.8 Å². The van der Waals surface area contributed by atoms with Gasteiger partial charge in [-0.2, -0.15) is 0 Å². The zero-order chi connectivity index (χ0) is 16.3. The molecule has 0 saturated heterocycles. The number of ether oxygens (including phenoxy) is 1. The maximum absolute atomic E-state index is 12.6. The number of fused-ring (bicyclic) bond motifs is 1. The number of carbonyl (C=O) groups is 2. The Labute approximate surface area is 130 Å². The minimum absolute atomic E-state index is 0.113. The molecule has 0 bridgehead atoms. The van der Waals surface area contributed by atoms with E-state index in [0.717, 1.165) is 37.0 Å². The number of carbonyl (C=O) groups excluding carboxylic acids is 2. The molecule has 1 aromatic heterocycles. The summed E-state index contributed by atoms with van der Waals surface area (Å²) in [6.45, 7) is 7.44. The van der Waals surface area contributed by atoms with Crippen molar-refractivity contribution in [2.24, 2.45) is 5.92 Å². The minimum atomic E-state index is -1.09. The monoisotopic (exact) mass is 308 g/mol. The highest BCUT2D eigenvalue weighted by Gasteiger charge is 2.41. The summed E-state index contributed by atoms with van der Waals surface area (Å²) in [4.78, 5) is 24.8. The predicted molar refractivity (Wildman–Crippen MR) is 80.5 cm³/mol. The summed E-state index contributed by atoms with van der Waals surface area (Å²) in [5.41, 5.74) is 0.0812. The molecule has 6 nitrogen and oxygen atoms in total. The zero-order valence-corrected chi connectivity index (χ0v) is 13.7. The summed E-state index contributed by atoms with van der Waals surface area (Å²) in [6.07, 6.45) is 3.68. The standard InChI is InChI=1S/C16H24N2O4/c1-5-21-15(20)16(4,10(2)3)17-14(19)13-11-8-6-7-9-12(11)22-18-13/h10H,5-9H2,1-4H3,(H,17,19)/t16-/m1/s1. The SMILES string of the molecule is CCOC(=O)[C@](C)(NC(=O)c1noc2c1CCCC2)C(C)C. The van der Waals surface area contributed by atoms with Crippen LogP contribution in [0.4, 0.5) is 0 Å². The molecule has 0 unspecified atom stereocenters. The summed E-state index contributed by atoms with van der Waals surface area (Å²) in [5.74, 6) is -0.135. The van der Waals surface area contributed by atoms with Gasteiger partial charge in [-0.25, -0.2) is 4.79 Å². The molecule has 1 heterocycles. The molecule has 2 rings (SSSR count). The van der Waals surface area contributed by atoms with Gasteiger partial charge < -0.3 is 14.6 Å². The Morgan fingerprint density at radius 3 is 2.68 bits per heavy atom. The lowest BCUT2D eigenvalue weighted by molar-refractivity contribution is -0.152. The van der Waals surface area contributed by atoms with Crippen LogP contribution in [0.2, 0.25) is 0 Å². The second kappa shape index (κ2) is 6.50. The van der Waals surface area contributed by atoms with Gasteiger partial charge in [0.05, 0.1) is 6.61 Å². The second-order valence-electron chi connectivity index (χ2n) is 6.17. The number of hydrogen-bond donors (Lipinski definition) is 1. The number of amides is 1. The van der Waals surface area contributed by atoms with Crippen LogP contribution in [0.1, 0.15) is 62.3 Å². The molecular weight excluding hydrogens is 284 g/mol. The second-order valence-corrected chi connectivity index (χ2v) is 6.17. The van der Waals surface area contributed by atoms with Gasteiger partial charge in [0, 0.05) is 12.0 Å². The van der Waals surface area contributed by atoms with E-state index in [9.17, 15) is 9.59 Å².